The number of carboxylic acids is 1. The van der Waals surface area contributed by atoms with Crippen LogP contribution in [-0.2, 0) is 20.8 Å². The van der Waals surface area contributed by atoms with Gasteiger partial charge in [0.05, 0.1) is 12.6 Å². The van der Waals surface area contributed by atoms with Gasteiger partial charge in [-0.05, 0) is 42.0 Å². The number of thioether (sulfide) groups is 1. The molecule has 6 rings (SSSR count). The fourth-order valence-electron chi connectivity index (χ4n) is 5.87. The fourth-order valence-corrected chi connectivity index (χ4v) is 11.7. The Hall–Kier alpha value is -4.19. The molecule has 6 nitrogen and oxygen atoms in total. The number of hydrogen-bond donors (Lipinski definition) is 2. The molecule has 4 aromatic carbocycles. The Morgan fingerprint density at radius 1 is 0.786 bits per heavy atom. The number of β-lactam (4-membered cyclic amide) rings is 1. The van der Waals surface area contributed by atoms with Gasteiger partial charge in [0.25, 0.3) is 5.91 Å². The Morgan fingerprint density at radius 2 is 1.26 bits per heavy atom. The van der Waals surface area contributed by atoms with Crippen molar-refractivity contribution < 1.29 is 19.5 Å². The Kier molecular flexibility index (Phi) is 7.96. The molecule has 1 fully saturated rings. The Bertz CT molecular complexity index is 1540. The number of aliphatic carboxylic acids is 1. The molecule has 1 unspecified atom stereocenters. The monoisotopic (exact) mass is 593 g/mol. The molecule has 42 heavy (non-hydrogen) atoms. The van der Waals surface area contributed by atoms with Crippen LogP contribution in [0.15, 0.2) is 133 Å². The highest BCUT2D eigenvalue weighted by molar-refractivity contribution is 8.00. The van der Waals surface area contributed by atoms with E-state index in [-0.39, 0.29) is 23.9 Å². The number of hydrogen-bond acceptors (Lipinski definition) is 4. The minimum Gasteiger partial charge on any atom is -0.477 e. The smallest absolute Gasteiger partial charge is 0.352 e. The molecule has 4 aromatic rings. The molecule has 2 amide bonds. The number of nitrogens with zero attached hydrogens (tertiary/aromatic N) is 1. The summed E-state index contributed by atoms with van der Waals surface area (Å²) in [7, 11) is -2.36. The van der Waals surface area contributed by atoms with Gasteiger partial charge in [0.2, 0.25) is 5.91 Å². The van der Waals surface area contributed by atoms with Crippen molar-refractivity contribution in [2.45, 2.75) is 17.8 Å². The number of fused-ring (bicyclic) bond motifs is 1. The molecule has 0 saturated carbocycles. The van der Waals surface area contributed by atoms with Crippen molar-refractivity contribution in [3.8, 4) is 0 Å². The first-order chi connectivity index (χ1) is 20.5. The first-order valence-corrected chi connectivity index (χ1v) is 16.8. The molecule has 8 heteroatoms. The van der Waals surface area contributed by atoms with Gasteiger partial charge in [-0.1, -0.05) is 84.9 Å². The lowest BCUT2D eigenvalue weighted by Gasteiger charge is -2.49. The van der Waals surface area contributed by atoms with Gasteiger partial charge in [0, 0.05) is 11.3 Å². The minimum atomic E-state index is -2.36. The van der Waals surface area contributed by atoms with Crippen LogP contribution in [0.4, 0.5) is 0 Å². The lowest BCUT2D eigenvalue weighted by Crippen LogP contribution is -2.70. The Morgan fingerprint density at radius 3 is 1.74 bits per heavy atom. The van der Waals surface area contributed by atoms with E-state index in [0.717, 1.165) is 27.1 Å². The molecule has 0 bridgehead atoms. The summed E-state index contributed by atoms with van der Waals surface area (Å²) in [6.07, 6.45) is 0.647. The summed E-state index contributed by atoms with van der Waals surface area (Å²) in [6, 6.07) is 39.5. The highest BCUT2D eigenvalue weighted by atomic mass is 32.2. The number of carboxylic acid groups (broad SMARTS) is 1. The van der Waals surface area contributed by atoms with E-state index in [0.29, 0.717) is 11.9 Å². The molecule has 210 valence electrons. The molecule has 2 N–H and O–H groups in total. The molecule has 0 aromatic heterocycles. The SMILES string of the molecule is O=C(Cc1ccccc1)NC1C(=O)N2C(C(=O)O)=C(C[P+](c3ccccc3)(c3ccccc3)c3ccccc3)CS[C@@H]12. The number of nitrogens with one attached hydrogen (secondary N) is 1. The Labute approximate surface area is 249 Å². The molecule has 0 radical (unpaired) electrons. The summed E-state index contributed by atoms with van der Waals surface area (Å²) in [6.45, 7) is 0. The molecule has 0 spiro atoms. The molecule has 2 atom stereocenters. The van der Waals surface area contributed by atoms with Gasteiger partial charge in [-0.15, -0.1) is 11.8 Å². The number of carbonyl (C=O) groups is 3. The van der Waals surface area contributed by atoms with Crippen molar-refractivity contribution in [3.63, 3.8) is 0 Å². The van der Waals surface area contributed by atoms with Crippen LogP contribution < -0.4 is 21.2 Å². The summed E-state index contributed by atoms with van der Waals surface area (Å²) in [5.41, 5.74) is 1.63. The fraction of sp³-hybridized carbons (Fsp3) is 0.147. The van der Waals surface area contributed by atoms with Crippen molar-refractivity contribution in [1.82, 2.24) is 10.2 Å². The summed E-state index contributed by atoms with van der Waals surface area (Å²) in [4.78, 5) is 40.4. The van der Waals surface area contributed by atoms with E-state index in [1.807, 2.05) is 84.9 Å². The molecule has 0 aliphatic carbocycles. The van der Waals surface area contributed by atoms with Crippen molar-refractivity contribution in [1.29, 1.82) is 0 Å². The van der Waals surface area contributed by atoms with Crippen LogP contribution in [0.3, 0.4) is 0 Å². The highest BCUT2D eigenvalue weighted by Gasteiger charge is 2.56. The highest BCUT2D eigenvalue weighted by Crippen LogP contribution is 2.58. The lowest BCUT2D eigenvalue weighted by atomic mass is 10.0. The number of carbonyl (C=O) groups excluding carboxylic acids is 2. The van der Waals surface area contributed by atoms with Crippen LogP contribution in [0.25, 0.3) is 0 Å². The van der Waals surface area contributed by atoms with E-state index < -0.39 is 24.6 Å². The predicted molar refractivity (Wildman–Crippen MR) is 170 cm³/mol. The molecule has 2 aliphatic heterocycles. The van der Waals surface area contributed by atoms with E-state index in [9.17, 15) is 19.5 Å². The second kappa shape index (κ2) is 12.0. The van der Waals surface area contributed by atoms with Crippen LogP contribution in [-0.4, -0.2) is 51.1 Å². The zero-order valence-corrected chi connectivity index (χ0v) is 24.5. The van der Waals surface area contributed by atoms with E-state index in [4.69, 9.17) is 0 Å². The number of benzene rings is 4. The Balaban J connectivity index is 1.37. The van der Waals surface area contributed by atoms with Gasteiger partial charge in [0.15, 0.2) is 0 Å². The third-order valence-corrected chi connectivity index (χ3v) is 13.5. The van der Waals surface area contributed by atoms with E-state index in [2.05, 4.69) is 41.7 Å². The number of rotatable bonds is 9. The van der Waals surface area contributed by atoms with Gasteiger partial charge < -0.3 is 10.4 Å². The first-order valence-electron chi connectivity index (χ1n) is 13.8. The largest absolute Gasteiger partial charge is 0.477 e. The van der Waals surface area contributed by atoms with Gasteiger partial charge in [-0.2, -0.15) is 0 Å². The average molecular weight is 594 g/mol. The van der Waals surface area contributed by atoms with Crippen LogP contribution >= 0.6 is 19.0 Å². The van der Waals surface area contributed by atoms with Gasteiger partial charge in [-0.3, -0.25) is 14.5 Å². The predicted octanol–water partition coefficient (Wildman–Crippen LogP) is 3.96. The maximum absolute atomic E-state index is 13.4. The second-order valence-corrected chi connectivity index (χ2v) is 14.9. The van der Waals surface area contributed by atoms with Crippen molar-refractivity contribution >= 4 is 52.7 Å². The third-order valence-electron chi connectivity index (χ3n) is 7.79. The maximum atomic E-state index is 13.4. The summed E-state index contributed by atoms with van der Waals surface area (Å²) >= 11 is 1.52. The molecule has 1 saturated heterocycles. The van der Waals surface area contributed by atoms with Crippen molar-refractivity contribution in [2.24, 2.45) is 0 Å². The zero-order chi connectivity index (χ0) is 29.1. The van der Waals surface area contributed by atoms with Gasteiger partial charge in [-0.25, -0.2) is 4.79 Å². The van der Waals surface area contributed by atoms with Crippen molar-refractivity contribution in [2.75, 3.05) is 11.9 Å². The molecule has 2 heterocycles. The average Bonchev–Trinajstić information content (AvgIpc) is 3.03. The quantitative estimate of drug-likeness (QED) is 0.227. The van der Waals surface area contributed by atoms with E-state index in [1.54, 1.807) is 0 Å². The normalized spacial score (nSPS) is 18.2. The lowest BCUT2D eigenvalue weighted by molar-refractivity contribution is -0.150. The molecule has 2 aliphatic rings. The summed E-state index contributed by atoms with van der Waals surface area (Å²) in [5, 5.41) is 16.3. The van der Waals surface area contributed by atoms with Gasteiger partial charge >= 0.3 is 5.97 Å². The number of amides is 2. The standard InChI is InChI=1S/C34H29N2O4PS/c37-29(21-24-13-5-1-6-14-24)35-30-32(38)36-31(34(39)40)25(23-42-33(30)36)22-41(26-15-7-2-8-16-26,27-17-9-3-10-18-27)28-19-11-4-12-20-28/h1-20,30,33H,21-23H2,(H-,35,37,39,40)/p+1/t30?,33-/m0/s1. The molecular formula is C34H30N2O4PS+. The third kappa shape index (κ3) is 5.15. The first kappa shape index (κ1) is 28.0. The minimum absolute atomic E-state index is 0.0458. The maximum Gasteiger partial charge on any atom is 0.352 e. The van der Waals surface area contributed by atoms with Crippen LogP contribution in [0.2, 0.25) is 0 Å². The van der Waals surface area contributed by atoms with E-state index >= 15 is 0 Å². The topological polar surface area (TPSA) is 86.7 Å². The van der Waals surface area contributed by atoms with Gasteiger partial charge in [0.1, 0.15) is 40.3 Å². The van der Waals surface area contributed by atoms with Crippen LogP contribution in [0, 0.1) is 0 Å². The van der Waals surface area contributed by atoms with E-state index in [1.165, 1.54) is 16.7 Å². The summed E-state index contributed by atoms with van der Waals surface area (Å²) in [5.74, 6) is -1.31. The molecular weight excluding hydrogens is 563 g/mol. The van der Waals surface area contributed by atoms with Crippen molar-refractivity contribution in [3.05, 3.63) is 138 Å². The second-order valence-electron chi connectivity index (χ2n) is 10.3. The summed E-state index contributed by atoms with van der Waals surface area (Å²) < 4.78 is 0. The van der Waals surface area contributed by atoms with Crippen LogP contribution in [0.1, 0.15) is 5.56 Å². The zero-order valence-electron chi connectivity index (χ0n) is 22.8. The van der Waals surface area contributed by atoms with Crippen LogP contribution in [0.5, 0.6) is 0 Å².